The Morgan fingerprint density at radius 1 is 1.05 bits per heavy atom. The van der Waals surface area contributed by atoms with E-state index >= 15 is 0 Å². The first-order valence-corrected chi connectivity index (χ1v) is 6.71. The molecular weight excluding hydrogens is 258 g/mol. The molecule has 0 radical (unpaired) electrons. The van der Waals surface area contributed by atoms with E-state index in [2.05, 4.69) is 19.9 Å². The summed E-state index contributed by atoms with van der Waals surface area (Å²) in [6.45, 7) is 4.74. The van der Waals surface area contributed by atoms with Crippen LogP contribution < -0.4 is 10.5 Å². The maximum atomic E-state index is 6.03. The summed E-state index contributed by atoms with van der Waals surface area (Å²) in [5.41, 5.74) is 9.15. The van der Waals surface area contributed by atoms with E-state index in [0.717, 1.165) is 23.5 Å². The lowest BCUT2D eigenvalue weighted by atomic mass is 10.1. The minimum absolute atomic E-state index is 0.588. The van der Waals surface area contributed by atoms with Crippen LogP contribution in [0.2, 0.25) is 5.02 Å². The number of ether oxygens (including phenoxy) is 1. The molecular formula is C16H18ClNO. The number of rotatable bonds is 4. The maximum Gasteiger partial charge on any atom is 0.132 e. The van der Waals surface area contributed by atoms with Crippen molar-refractivity contribution in [3.63, 3.8) is 0 Å². The normalized spacial score (nSPS) is 10.5. The molecule has 2 nitrogen and oxygen atoms in total. The summed E-state index contributed by atoms with van der Waals surface area (Å²) in [6.07, 6.45) is 0.775. The Bertz CT molecular complexity index is 581. The lowest BCUT2D eigenvalue weighted by Crippen LogP contribution is -2.04. The van der Waals surface area contributed by atoms with Gasteiger partial charge in [0.1, 0.15) is 11.5 Å². The first-order valence-electron chi connectivity index (χ1n) is 6.34. The second-order valence-electron chi connectivity index (χ2n) is 4.64. The Hall–Kier alpha value is -1.51. The van der Waals surface area contributed by atoms with Crippen molar-refractivity contribution in [2.45, 2.75) is 20.3 Å². The van der Waals surface area contributed by atoms with E-state index in [4.69, 9.17) is 22.1 Å². The molecule has 0 saturated carbocycles. The molecule has 2 N–H and O–H groups in total. The number of aryl methyl sites for hydroxylation is 2. The van der Waals surface area contributed by atoms with E-state index in [-0.39, 0.29) is 0 Å². The van der Waals surface area contributed by atoms with E-state index in [1.165, 1.54) is 11.1 Å². The fourth-order valence-corrected chi connectivity index (χ4v) is 2.05. The summed E-state index contributed by atoms with van der Waals surface area (Å²) in [5.74, 6) is 1.60. The van der Waals surface area contributed by atoms with Crippen molar-refractivity contribution in [2.75, 3.05) is 6.54 Å². The van der Waals surface area contributed by atoms with E-state index in [1.807, 2.05) is 30.3 Å². The van der Waals surface area contributed by atoms with Gasteiger partial charge in [0, 0.05) is 5.02 Å². The summed E-state index contributed by atoms with van der Waals surface area (Å²) in [7, 11) is 0. The second kappa shape index (κ2) is 6.09. The lowest BCUT2D eigenvalue weighted by molar-refractivity contribution is 0.475. The van der Waals surface area contributed by atoms with Crippen LogP contribution in [0.5, 0.6) is 11.5 Å². The maximum absolute atomic E-state index is 6.03. The van der Waals surface area contributed by atoms with Crippen LogP contribution in [0.4, 0.5) is 0 Å². The van der Waals surface area contributed by atoms with Crippen molar-refractivity contribution in [1.82, 2.24) is 0 Å². The van der Waals surface area contributed by atoms with Gasteiger partial charge >= 0.3 is 0 Å². The van der Waals surface area contributed by atoms with E-state index in [1.54, 1.807) is 0 Å². The molecule has 0 unspecified atom stereocenters. The van der Waals surface area contributed by atoms with Gasteiger partial charge in [0.15, 0.2) is 0 Å². The molecule has 0 aliphatic rings. The lowest BCUT2D eigenvalue weighted by Gasteiger charge is -2.12. The third kappa shape index (κ3) is 3.49. The van der Waals surface area contributed by atoms with Crippen LogP contribution in [0, 0.1) is 13.8 Å². The molecule has 0 aliphatic heterocycles. The van der Waals surface area contributed by atoms with Gasteiger partial charge in [-0.05, 0) is 67.8 Å². The van der Waals surface area contributed by atoms with Crippen molar-refractivity contribution in [3.05, 3.63) is 58.1 Å². The van der Waals surface area contributed by atoms with Crippen LogP contribution in [0.15, 0.2) is 36.4 Å². The zero-order valence-electron chi connectivity index (χ0n) is 11.2. The van der Waals surface area contributed by atoms with Gasteiger partial charge in [-0.1, -0.05) is 23.7 Å². The van der Waals surface area contributed by atoms with Crippen LogP contribution in [-0.4, -0.2) is 6.54 Å². The molecule has 0 aromatic heterocycles. The molecule has 0 aliphatic carbocycles. The van der Waals surface area contributed by atoms with Crippen LogP contribution in [0.3, 0.4) is 0 Å². The molecule has 19 heavy (non-hydrogen) atoms. The Balaban J connectivity index is 2.30. The van der Waals surface area contributed by atoms with Gasteiger partial charge in [-0.25, -0.2) is 0 Å². The predicted molar refractivity (Wildman–Crippen MR) is 80.2 cm³/mol. The molecule has 3 heteroatoms. The van der Waals surface area contributed by atoms with Gasteiger partial charge in [0.25, 0.3) is 0 Å². The topological polar surface area (TPSA) is 35.2 Å². The van der Waals surface area contributed by atoms with Crippen LogP contribution >= 0.6 is 11.6 Å². The Kier molecular flexibility index (Phi) is 4.46. The van der Waals surface area contributed by atoms with Crippen LogP contribution in [0.1, 0.15) is 16.7 Å². The molecule has 0 bridgehead atoms. The molecule has 0 spiro atoms. The minimum atomic E-state index is 0.588. The zero-order chi connectivity index (χ0) is 13.8. The van der Waals surface area contributed by atoms with Gasteiger partial charge in [0.05, 0.1) is 0 Å². The summed E-state index contributed by atoms with van der Waals surface area (Å²) >= 11 is 6.03. The number of halogens is 1. The fraction of sp³-hybridized carbons (Fsp3) is 0.250. The average molecular weight is 276 g/mol. The summed E-state index contributed by atoms with van der Waals surface area (Å²) in [5, 5.41) is 0.666. The van der Waals surface area contributed by atoms with Crippen molar-refractivity contribution >= 4 is 11.6 Å². The van der Waals surface area contributed by atoms with Crippen LogP contribution in [-0.2, 0) is 6.42 Å². The minimum Gasteiger partial charge on any atom is -0.457 e. The van der Waals surface area contributed by atoms with Crippen molar-refractivity contribution in [1.29, 1.82) is 0 Å². The zero-order valence-corrected chi connectivity index (χ0v) is 12.0. The Labute approximate surface area is 119 Å². The van der Waals surface area contributed by atoms with Gasteiger partial charge in [-0.15, -0.1) is 0 Å². The first-order chi connectivity index (χ1) is 9.10. The van der Waals surface area contributed by atoms with Crippen molar-refractivity contribution in [3.8, 4) is 11.5 Å². The highest BCUT2D eigenvalue weighted by Gasteiger charge is 2.06. The smallest absolute Gasteiger partial charge is 0.132 e. The van der Waals surface area contributed by atoms with Gasteiger partial charge < -0.3 is 10.5 Å². The third-order valence-corrected chi connectivity index (χ3v) is 3.38. The number of nitrogens with two attached hydrogens (primary N) is 1. The number of hydrogen-bond acceptors (Lipinski definition) is 2. The van der Waals surface area contributed by atoms with E-state index in [0.29, 0.717) is 11.6 Å². The molecule has 2 aromatic carbocycles. The SMILES string of the molecule is Cc1ccc(Oc2cc(Cl)ccc2CCN)cc1C. The van der Waals surface area contributed by atoms with Gasteiger partial charge in [-0.3, -0.25) is 0 Å². The molecule has 0 heterocycles. The van der Waals surface area contributed by atoms with E-state index in [9.17, 15) is 0 Å². The van der Waals surface area contributed by atoms with Gasteiger partial charge in [0.2, 0.25) is 0 Å². The first kappa shape index (κ1) is 13.9. The molecule has 0 atom stereocenters. The molecule has 100 valence electrons. The molecule has 0 saturated heterocycles. The Morgan fingerprint density at radius 2 is 1.84 bits per heavy atom. The quantitative estimate of drug-likeness (QED) is 0.905. The number of benzene rings is 2. The molecule has 2 rings (SSSR count). The van der Waals surface area contributed by atoms with Crippen molar-refractivity contribution in [2.24, 2.45) is 5.73 Å². The largest absolute Gasteiger partial charge is 0.457 e. The predicted octanol–water partition coefficient (Wildman–Crippen LogP) is 4.25. The number of hydrogen-bond donors (Lipinski definition) is 1. The summed E-state index contributed by atoms with van der Waals surface area (Å²) < 4.78 is 5.94. The average Bonchev–Trinajstić information content (AvgIpc) is 2.37. The van der Waals surface area contributed by atoms with Crippen molar-refractivity contribution < 1.29 is 4.74 Å². The summed E-state index contributed by atoms with van der Waals surface area (Å²) in [4.78, 5) is 0. The van der Waals surface area contributed by atoms with Gasteiger partial charge in [-0.2, -0.15) is 0 Å². The standard InChI is InChI=1S/C16H18ClNO/c1-11-3-6-15(9-12(11)2)19-16-10-14(17)5-4-13(16)7-8-18/h3-6,9-10H,7-8,18H2,1-2H3. The third-order valence-electron chi connectivity index (χ3n) is 3.15. The Morgan fingerprint density at radius 3 is 2.53 bits per heavy atom. The highest BCUT2D eigenvalue weighted by molar-refractivity contribution is 6.30. The fourth-order valence-electron chi connectivity index (χ4n) is 1.89. The van der Waals surface area contributed by atoms with E-state index < -0.39 is 0 Å². The monoisotopic (exact) mass is 275 g/mol. The van der Waals surface area contributed by atoms with Crippen LogP contribution in [0.25, 0.3) is 0 Å². The molecule has 2 aromatic rings. The molecule has 0 amide bonds. The summed E-state index contributed by atoms with van der Waals surface area (Å²) in [6, 6.07) is 11.7. The highest BCUT2D eigenvalue weighted by atomic mass is 35.5. The second-order valence-corrected chi connectivity index (χ2v) is 5.08. The molecule has 0 fully saturated rings. The highest BCUT2D eigenvalue weighted by Crippen LogP contribution is 2.29.